The van der Waals surface area contributed by atoms with Crippen LogP contribution in [-0.2, 0) is 13.6 Å². The third-order valence-electron chi connectivity index (χ3n) is 2.06. The summed E-state index contributed by atoms with van der Waals surface area (Å²) in [6, 6.07) is 4.83. The number of rotatable bonds is 3. The van der Waals surface area contributed by atoms with E-state index in [1.807, 2.05) is 0 Å². The molecule has 0 fully saturated rings. The first-order valence-electron chi connectivity index (χ1n) is 4.70. The molecule has 0 saturated heterocycles. The van der Waals surface area contributed by atoms with Crippen LogP contribution in [-0.4, -0.2) is 15.0 Å². The quantitative estimate of drug-likeness (QED) is 0.941. The molecule has 1 aromatic carbocycles. The van der Waals surface area contributed by atoms with Gasteiger partial charge in [-0.2, -0.15) is 0 Å². The first-order valence-corrected chi connectivity index (χ1v) is 5.49. The SMILES string of the molecule is Cn1cc(CNc2c(F)cccc2Br)nn1. The molecule has 0 spiro atoms. The summed E-state index contributed by atoms with van der Waals surface area (Å²) in [6.07, 6.45) is 1.78. The fourth-order valence-corrected chi connectivity index (χ4v) is 1.80. The molecule has 1 aromatic heterocycles. The first-order chi connectivity index (χ1) is 7.66. The van der Waals surface area contributed by atoms with Gasteiger partial charge in [-0.3, -0.25) is 4.68 Å². The van der Waals surface area contributed by atoms with Gasteiger partial charge in [0.05, 0.1) is 12.2 Å². The van der Waals surface area contributed by atoms with E-state index in [1.54, 1.807) is 30.1 Å². The highest BCUT2D eigenvalue weighted by Gasteiger charge is 2.06. The van der Waals surface area contributed by atoms with Crippen molar-refractivity contribution in [1.82, 2.24) is 15.0 Å². The van der Waals surface area contributed by atoms with Gasteiger partial charge >= 0.3 is 0 Å². The van der Waals surface area contributed by atoms with Gasteiger partial charge in [0, 0.05) is 17.7 Å². The summed E-state index contributed by atoms with van der Waals surface area (Å²) >= 11 is 3.28. The van der Waals surface area contributed by atoms with Crippen LogP contribution in [0.25, 0.3) is 0 Å². The Morgan fingerprint density at radius 3 is 2.94 bits per heavy atom. The summed E-state index contributed by atoms with van der Waals surface area (Å²) in [4.78, 5) is 0. The summed E-state index contributed by atoms with van der Waals surface area (Å²) in [5.74, 6) is -0.293. The molecule has 6 heteroatoms. The average molecular weight is 285 g/mol. The second-order valence-electron chi connectivity index (χ2n) is 3.33. The number of benzene rings is 1. The maximum absolute atomic E-state index is 13.4. The van der Waals surface area contributed by atoms with Gasteiger partial charge in [0.15, 0.2) is 0 Å². The van der Waals surface area contributed by atoms with E-state index in [0.29, 0.717) is 16.7 Å². The van der Waals surface area contributed by atoms with Crippen molar-refractivity contribution >= 4 is 21.6 Å². The van der Waals surface area contributed by atoms with Crippen molar-refractivity contribution in [2.45, 2.75) is 6.54 Å². The lowest BCUT2D eigenvalue weighted by Gasteiger charge is -2.07. The Bertz CT molecular complexity index is 477. The second-order valence-corrected chi connectivity index (χ2v) is 4.19. The molecule has 0 amide bonds. The van der Waals surface area contributed by atoms with E-state index in [9.17, 15) is 4.39 Å². The van der Waals surface area contributed by atoms with Crippen LogP contribution in [0.1, 0.15) is 5.69 Å². The second kappa shape index (κ2) is 4.61. The molecule has 0 atom stereocenters. The molecule has 1 heterocycles. The van der Waals surface area contributed by atoms with Gasteiger partial charge < -0.3 is 5.32 Å². The van der Waals surface area contributed by atoms with Gasteiger partial charge in [-0.1, -0.05) is 11.3 Å². The molecule has 0 saturated carbocycles. The zero-order chi connectivity index (χ0) is 11.5. The van der Waals surface area contributed by atoms with Crippen molar-refractivity contribution < 1.29 is 4.39 Å². The summed E-state index contributed by atoms with van der Waals surface area (Å²) in [5, 5.41) is 10.7. The number of aryl methyl sites for hydroxylation is 1. The smallest absolute Gasteiger partial charge is 0.147 e. The number of hydrogen-bond acceptors (Lipinski definition) is 3. The van der Waals surface area contributed by atoms with Crippen LogP contribution >= 0.6 is 15.9 Å². The molecule has 1 N–H and O–H groups in total. The fraction of sp³-hybridized carbons (Fsp3) is 0.200. The monoisotopic (exact) mass is 284 g/mol. The highest BCUT2D eigenvalue weighted by Crippen LogP contribution is 2.25. The minimum absolute atomic E-state index is 0.293. The molecular weight excluding hydrogens is 275 g/mol. The van der Waals surface area contributed by atoms with Crippen LogP contribution < -0.4 is 5.32 Å². The Morgan fingerprint density at radius 1 is 1.50 bits per heavy atom. The minimum atomic E-state index is -0.293. The van der Waals surface area contributed by atoms with E-state index in [-0.39, 0.29) is 5.82 Å². The Labute approximate surface area is 101 Å². The number of hydrogen-bond donors (Lipinski definition) is 1. The summed E-state index contributed by atoms with van der Waals surface area (Å²) < 4.78 is 15.7. The number of halogens is 2. The molecule has 0 bridgehead atoms. The maximum Gasteiger partial charge on any atom is 0.147 e. The largest absolute Gasteiger partial charge is 0.376 e. The predicted octanol–water partition coefficient (Wildman–Crippen LogP) is 2.33. The Hall–Kier alpha value is -1.43. The number of nitrogens with zero attached hydrogens (tertiary/aromatic N) is 3. The topological polar surface area (TPSA) is 42.7 Å². The van der Waals surface area contributed by atoms with Crippen LogP contribution in [0.5, 0.6) is 0 Å². The van der Waals surface area contributed by atoms with E-state index >= 15 is 0 Å². The van der Waals surface area contributed by atoms with Gasteiger partial charge in [0.25, 0.3) is 0 Å². The van der Waals surface area contributed by atoms with Crippen LogP contribution in [0.4, 0.5) is 10.1 Å². The van der Waals surface area contributed by atoms with Crippen molar-refractivity contribution in [3.63, 3.8) is 0 Å². The zero-order valence-corrected chi connectivity index (χ0v) is 10.2. The molecule has 2 rings (SSSR count). The van der Waals surface area contributed by atoms with Gasteiger partial charge in [0.1, 0.15) is 11.5 Å². The molecule has 0 aliphatic carbocycles. The van der Waals surface area contributed by atoms with E-state index in [2.05, 4.69) is 31.6 Å². The number of aromatic nitrogens is 3. The van der Waals surface area contributed by atoms with Gasteiger partial charge in [0.2, 0.25) is 0 Å². The van der Waals surface area contributed by atoms with E-state index in [0.717, 1.165) is 5.69 Å². The van der Waals surface area contributed by atoms with E-state index < -0.39 is 0 Å². The van der Waals surface area contributed by atoms with Crippen LogP contribution in [0.2, 0.25) is 0 Å². The highest BCUT2D eigenvalue weighted by atomic mass is 79.9. The molecule has 0 unspecified atom stereocenters. The van der Waals surface area contributed by atoms with Gasteiger partial charge in [-0.05, 0) is 28.1 Å². The summed E-state index contributed by atoms with van der Waals surface area (Å²) in [5.41, 5.74) is 1.20. The fourth-order valence-electron chi connectivity index (χ4n) is 1.32. The predicted molar refractivity (Wildman–Crippen MR) is 62.4 cm³/mol. The average Bonchev–Trinajstić information content (AvgIpc) is 2.63. The minimum Gasteiger partial charge on any atom is -0.376 e. The Kier molecular flexibility index (Phi) is 3.19. The molecule has 0 radical (unpaired) electrons. The zero-order valence-electron chi connectivity index (χ0n) is 8.61. The van der Waals surface area contributed by atoms with Crippen molar-refractivity contribution in [3.05, 3.63) is 40.4 Å². The number of nitrogens with one attached hydrogen (secondary N) is 1. The number of para-hydroxylation sites is 1. The molecule has 84 valence electrons. The lowest BCUT2D eigenvalue weighted by Crippen LogP contribution is -2.02. The summed E-state index contributed by atoms with van der Waals surface area (Å²) in [6.45, 7) is 0.438. The van der Waals surface area contributed by atoms with Crippen LogP contribution in [0, 0.1) is 5.82 Å². The van der Waals surface area contributed by atoms with Crippen LogP contribution in [0.3, 0.4) is 0 Å². The molecular formula is C10H10BrFN4. The van der Waals surface area contributed by atoms with Gasteiger partial charge in [-0.25, -0.2) is 4.39 Å². The maximum atomic E-state index is 13.4. The highest BCUT2D eigenvalue weighted by molar-refractivity contribution is 9.10. The van der Waals surface area contributed by atoms with E-state index in [1.165, 1.54) is 6.07 Å². The molecule has 0 aliphatic heterocycles. The molecule has 16 heavy (non-hydrogen) atoms. The van der Waals surface area contributed by atoms with Crippen LogP contribution in [0.15, 0.2) is 28.9 Å². The summed E-state index contributed by atoms with van der Waals surface area (Å²) in [7, 11) is 1.79. The Morgan fingerprint density at radius 2 is 2.31 bits per heavy atom. The third kappa shape index (κ3) is 2.38. The first kappa shape index (κ1) is 11.1. The van der Waals surface area contributed by atoms with Crippen molar-refractivity contribution in [1.29, 1.82) is 0 Å². The van der Waals surface area contributed by atoms with E-state index in [4.69, 9.17) is 0 Å². The van der Waals surface area contributed by atoms with Crippen molar-refractivity contribution in [3.8, 4) is 0 Å². The van der Waals surface area contributed by atoms with Crippen molar-refractivity contribution in [2.24, 2.45) is 7.05 Å². The standard InChI is InChI=1S/C10H10BrFN4/c1-16-6-7(14-15-16)5-13-10-8(11)3-2-4-9(10)12/h2-4,6,13H,5H2,1H3. The number of anilines is 1. The molecule has 2 aromatic rings. The van der Waals surface area contributed by atoms with Gasteiger partial charge in [-0.15, -0.1) is 5.10 Å². The molecule has 4 nitrogen and oxygen atoms in total. The third-order valence-corrected chi connectivity index (χ3v) is 2.72. The molecule has 0 aliphatic rings. The normalized spacial score (nSPS) is 10.4. The van der Waals surface area contributed by atoms with Crippen molar-refractivity contribution in [2.75, 3.05) is 5.32 Å². The lowest BCUT2D eigenvalue weighted by molar-refractivity contribution is 0.629. The Balaban J connectivity index is 2.10. The lowest BCUT2D eigenvalue weighted by atomic mass is 10.3.